The largest absolute Gasteiger partial charge is 0.416 e. The Morgan fingerprint density at radius 3 is 2.61 bits per heavy atom. The summed E-state index contributed by atoms with van der Waals surface area (Å²) >= 11 is 0. The first kappa shape index (κ1) is 19.5. The molecule has 1 heterocycles. The second kappa shape index (κ2) is 7.37. The van der Waals surface area contributed by atoms with Crippen LogP contribution in [0.15, 0.2) is 47.3 Å². The van der Waals surface area contributed by atoms with E-state index in [2.05, 4.69) is 15.6 Å². The molecule has 0 unspecified atom stereocenters. The van der Waals surface area contributed by atoms with Crippen molar-refractivity contribution in [1.29, 1.82) is 0 Å². The highest BCUT2D eigenvalue weighted by Gasteiger charge is 2.31. The SMILES string of the molecule is C[C@H](NC(=O)Cn1nnc2ccccc2c1=O)c1ccc(C(F)(F)F)cc1F. The van der Waals surface area contributed by atoms with E-state index in [1.807, 2.05) is 0 Å². The van der Waals surface area contributed by atoms with Gasteiger partial charge in [-0.15, -0.1) is 5.10 Å². The van der Waals surface area contributed by atoms with Gasteiger partial charge in [0.15, 0.2) is 0 Å². The zero-order valence-electron chi connectivity index (χ0n) is 14.5. The van der Waals surface area contributed by atoms with E-state index in [0.717, 1.165) is 16.8 Å². The van der Waals surface area contributed by atoms with Gasteiger partial charge >= 0.3 is 6.18 Å². The number of halogens is 4. The maximum Gasteiger partial charge on any atom is 0.416 e. The van der Waals surface area contributed by atoms with Gasteiger partial charge in [-0.3, -0.25) is 9.59 Å². The van der Waals surface area contributed by atoms with E-state index in [4.69, 9.17) is 0 Å². The maximum absolute atomic E-state index is 14.0. The molecule has 0 spiro atoms. The number of carbonyl (C=O) groups is 1. The van der Waals surface area contributed by atoms with Crippen molar-refractivity contribution in [3.05, 3.63) is 69.8 Å². The number of carbonyl (C=O) groups excluding carboxylic acids is 1. The van der Waals surface area contributed by atoms with Gasteiger partial charge in [-0.1, -0.05) is 23.4 Å². The smallest absolute Gasteiger partial charge is 0.348 e. The molecule has 0 aliphatic carbocycles. The van der Waals surface area contributed by atoms with Crippen molar-refractivity contribution in [2.24, 2.45) is 0 Å². The van der Waals surface area contributed by atoms with Gasteiger partial charge in [0.2, 0.25) is 5.91 Å². The second-order valence-corrected chi connectivity index (χ2v) is 6.09. The summed E-state index contributed by atoms with van der Waals surface area (Å²) in [5.41, 5.74) is -1.37. The van der Waals surface area contributed by atoms with Gasteiger partial charge in [-0.25, -0.2) is 9.07 Å². The monoisotopic (exact) mass is 394 g/mol. The zero-order valence-corrected chi connectivity index (χ0v) is 14.5. The minimum absolute atomic E-state index is 0.113. The van der Waals surface area contributed by atoms with Crippen LogP contribution in [0.25, 0.3) is 10.9 Å². The molecule has 1 atom stereocenters. The molecular weight excluding hydrogens is 380 g/mol. The fourth-order valence-electron chi connectivity index (χ4n) is 2.68. The van der Waals surface area contributed by atoms with E-state index in [-0.39, 0.29) is 10.9 Å². The summed E-state index contributed by atoms with van der Waals surface area (Å²) in [6.07, 6.45) is -4.66. The van der Waals surface area contributed by atoms with E-state index < -0.39 is 41.6 Å². The van der Waals surface area contributed by atoms with Gasteiger partial charge < -0.3 is 5.32 Å². The Morgan fingerprint density at radius 1 is 1.21 bits per heavy atom. The molecule has 0 saturated heterocycles. The Bertz CT molecular complexity index is 1090. The van der Waals surface area contributed by atoms with Crippen LogP contribution in [0.2, 0.25) is 0 Å². The summed E-state index contributed by atoms with van der Waals surface area (Å²) in [6, 6.07) is 7.63. The van der Waals surface area contributed by atoms with Crippen molar-refractivity contribution in [3.8, 4) is 0 Å². The van der Waals surface area contributed by atoms with Crippen molar-refractivity contribution in [2.75, 3.05) is 0 Å². The number of aromatic nitrogens is 3. The summed E-state index contributed by atoms with van der Waals surface area (Å²) < 4.78 is 52.7. The lowest BCUT2D eigenvalue weighted by molar-refractivity contribution is -0.137. The molecule has 10 heteroatoms. The molecular formula is C18H14F4N4O2. The lowest BCUT2D eigenvalue weighted by Gasteiger charge is -2.16. The van der Waals surface area contributed by atoms with Gasteiger partial charge in [-0.05, 0) is 31.2 Å². The molecule has 0 aliphatic heterocycles. The Balaban J connectivity index is 1.75. The number of hydrogen-bond donors (Lipinski definition) is 1. The molecule has 1 N–H and O–H groups in total. The number of nitrogens with zero attached hydrogens (tertiary/aromatic N) is 3. The lowest BCUT2D eigenvalue weighted by Crippen LogP contribution is -2.35. The van der Waals surface area contributed by atoms with Crippen molar-refractivity contribution in [3.63, 3.8) is 0 Å². The fraction of sp³-hybridized carbons (Fsp3) is 0.222. The van der Waals surface area contributed by atoms with Crippen LogP contribution in [0.5, 0.6) is 0 Å². The molecule has 28 heavy (non-hydrogen) atoms. The molecule has 0 bridgehead atoms. The van der Waals surface area contributed by atoms with Crippen LogP contribution in [0, 0.1) is 5.82 Å². The highest BCUT2D eigenvalue weighted by atomic mass is 19.4. The molecule has 0 saturated carbocycles. The third kappa shape index (κ3) is 4.00. The van der Waals surface area contributed by atoms with Crippen LogP contribution in [0.1, 0.15) is 24.1 Å². The number of alkyl halides is 3. The number of hydrogen-bond acceptors (Lipinski definition) is 4. The molecule has 146 valence electrons. The molecule has 3 rings (SSSR count). The number of fused-ring (bicyclic) bond motifs is 1. The van der Waals surface area contributed by atoms with Gasteiger partial charge in [0.05, 0.1) is 17.0 Å². The van der Waals surface area contributed by atoms with E-state index in [1.54, 1.807) is 24.3 Å². The predicted molar refractivity (Wildman–Crippen MR) is 91.8 cm³/mol. The van der Waals surface area contributed by atoms with E-state index >= 15 is 0 Å². The normalized spacial score (nSPS) is 12.8. The summed E-state index contributed by atoms with van der Waals surface area (Å²) in [4.78, 5) is 24.5. The summed E-state index contributed by atoms with van der Waals surface area (Å²) in [6.45, 7) is 0.946. The first-order valence-corrected chi connectivity index (χ1v) is 8.15. The van der Waals surface area contributed by atoms with Crippen molar-refractivity contribution < 1.29 is 22.4 Å². The maximum atomic E-state index is 14.0. The summed E-state index contributed by atoms with van der Waals surface area (Å²) in [5, 5.41) is 10.2. The van der Waals surface area contributed by atoms with Gasteiger partial charge in [0.1, 0.15) is 17.9 Å². The number of rotatable bonds is 4. The predicted octanol–water partition coefficient (Wildman–Crippen LogP) is 2.83. The Morgan fingerprint density at radius 2 is 1.93 bits per heavy atom. The van der Waals surface area contributed by atoms with Gasteiger partial charge in [0, 0.05) is 5.56 Å². The summed E-state index contributed by atoms with van der Waals surface area (Å²) in [5.74, 6) is -1.76. The topological polar surface area (TPSA) is 76.9 Å². The number of nitrogens with one attached hydrogen (secondary N) is 1. The zero-order chi connectivity index (χ0) is 20.5. The van der Waals surface area contributed by atoms with Crippen molar-refractivity contribution in [2.45, 2.75) is 25.7 Å². The minimum Gasteiger partial charge on any atom is -0.348 e. The average molecular weight is 394 g/mol. The first-order valence-electron chi connectivity index (χ1n) is 8.15. The number of benzene rings is 2. The quantitative estimate of drug-likeness (QED) is 0.691. The van der Waals surface area contributed by atoms with Gasteiger partial charge in [0.25, 0.3) is 5.56 Å². The highest BCUT2D eigenvalue weighted by Crippen LogP contribution is 2.31. The highest BCUT2D eigenvalue weighted by molar-refractivity contribution is 5.78. The second-order valence-electron chi connectivity index (χ2n) is 6.09. The van der Waals surface area contributed by atoms with Crippen LogP contribution in [0.4, 0.5) is 17.6 Å². The molecule has 1 amide bonds. The molecule has 2 aromatic carbocycles. The van der Waals surface area contributed by atoms with Crippen LogP contribution in [0.3, 0.4) is 0 Å². The van der Waals surface area contributed by atoms with Gasteiger partial charge in [-0.2, -0.15) is 13.2 Å². The number of amides is 1. The van der Waals surface area contributed by atoms with Crippen LogP contribution >= 0.6 is 0 Å². The van der Waals surface area contributed by atoms with Crippen LogP contribution < -0.4 is 10.9 Å². The minimum atomic E-state index is -4.66. The standard InChI is InChI=1S/C18H14F4N4O2/c1-10(12-7-6-11(8-14(12)19)18(20,21)22)23-16(27)9-26-17(28)13-4-2-3-5-15(13)24-25-26/h2-8,10H,9H2,1H3,(H,23,27)/t10-/m0/s1. The third-order valence-corrected chi connectivity index (χ3v) is 4.09. The van der Waals surface area contributed by atoms with Crippen molar-refractivity contribution in [1.82, 2.24) is 20.3 Å². The Kier molecular flexibility index (Phi) is 5.12. The molecule has 3 aromatic rings. The first-order chi connectivity index (χ1) is 13.2. The van der Waals surface area contributed by atoms with E-state index in [1.165, 1.54) is 6.92 Å². The Hall–Kier alpha value is -3.30. The third-order valence-electron chi connectivity index (χ3n) is 4.09. The fourth-order valence-corrected chi connectivity index (χ4v) is 2.68. The van der Waals surface area contributed by atoms with Crippen molar-refractivity contribution >= 4 is 16.8 Å². The lowest BCUT2D eigenvalue weighted by atomic mass is 10.0. The van der Waals surface area contributed by atoms with E-state index in [9.17, 15) is 27.2 Å². The van der Waals surface area contributed by atoms with Crippen LogP contribution in [-0.2, 0) is 17.5 Å². The summed E-state index contributed by atoms with van der Waals surface area (Å²) in [7, 11) is 0. The van der Waals surface area contributed by atoms with Crippen LogP contribution in [-0.4, -0.2) is 20.9 Å². The van der Waals surface area contributed by atoms with E-state index in [0.29, 0.717) is 11.6 Å². The molecule has 0 fully saturated rings. The Labute approximate surface area is 155 Å². The average Bonchev–Trinajstić information content (AvgIpc) is 2.63. The molecule has 0 radical (unpaired) electrons. The molecule has 0 aliphatic rings. The molecule has 1 aromatic heterocycles. The molecule has 6 nitrogen and oxygen atoms in total.